The molecule has 0 saturated carbocycles. The molecule has 1 aromatic carbocycles. The van der Waals surface area contributed by atoms with Gasteiger partial charge in [0.15, 0.2) is 11.6 Å². The first-order chi connectivity index (χ1) is 16.9. The lowest BCUT2D eigenvalue weighted by molar-refractivity contribution is 0.0861. The molecule has 10 heteroatoms. The Morgan fingerprint density at radius 1 is 1.23 bits per heavy atom. The van der Waals surface area contributed by atoms with Crippen molar-refractivity contribution in [1.82, 2.24) is 19.5 Å². The molecule has 0 radical (unpaired) electrons. The lowest BCUT2D eigenvalue weighted by Crippen LogP contribution is -2.30. The zero-order valence-electron chi connectivity index (χ0n) is 18.9. The minimum Gasteiger partial charge on any atom is -0.461 e. The second kappa shape index (κ2) is 9.47. The van der Waals surface area contributed by atoms with E-state index in [0.29, 0.717) is 41.1 Å². The molecule has 0 spiro atoms. The first-order valence-corrected chi connectivity index (χ1v) is 11.2. The van der Waals surface area contributed by atoms with Gasteiger partial charge in [0.1, 0.15) is 5.75 Å². The number of carbonyl (C=O) groups is 1. The third-order valence-corrected chi connectivity index (χ3v) is 5.92. The standard InChI is InChI=1S/C25H23F2N5O3/c1-14(26)35-19-4-2-3-15(5-19)20-11-32(25-30-9-18(27)10-31-25)22-6-16(8-29-24(20)22)23(33)7-17-12-34-13-21(17)28/h2-6,8-11,14,17,21H,7,12-13,28H2,1H3/t14?,17-,21-/m1/s1. The van der Waals surface area contributed by atoms with Gasteiger partial charge in [0.25, 0.3) is 0 Å². The second-order valence-electron chi connectivity index (χ2n) is 8.48. The summed E-state index contributed by atoms with van der Waals surface area (Å²) in [6.07, 6.45) is 4.18. The van der Waals surface area contributed by atoms with Crippen LogP contribution in [-0.4, -0.2) is 50.9 Å². The van der Waals surface area contributed by atoms with E-state index in [9.17, 15) is 13.6 Å². The van der Waals surface area contributed by atoms with Crippen LogP contribution in [0.2, 0.25) is 0 Å². The maximum Gasteiger partial charge on any atom is 0.235 e. The van der Waals surface area contributed by atoms with Crippen molar-refractivity contribution in [3.05, 3.63) is 66.5 Å². The molecule has 5 rings (SSSR count). The summed E-state index contributed by atoms with van der Waals surface area (Å²) in [6, 6.07) is 8.47. The Labute approximate surface area is 199 Å². The van der Waals surface area contributed by atoms with E-state index in [2.05, 4.69) is 15.0 Å². The van der Waals surface area contributed by atoms with Gasteiger partial charge in [-0.1, -0.05) is 12.1 Å². The summed E-state index contributed by atoms with van der Waals surface area (Å²) >= 11 is 0. The number of aromatic nitrogens is 4. The highest BCUT2D eigenvalue weighted by Crippen LogP contribution is 2.33. The molecule has 1 aliphatic rings. The number of rotatable bonds is 7. The van der Waals surface area contributed by atoms with Crippen LogP contribution in [0.1, 0.15) is 23.7 Å². The Kier molecular flexibility index (Phi) is 6.23. The predicted octanol–water partition coefficient (Wildman–Crippen LogP) is 3.86. The maximum absolute atomic E-state index is 13.5. The number of nitrogens with two attached hydrogens (primary N) is 1. The zero-order valence-corrected chi connectivity index (χ0v) is 18.9. The summed E-state index contributed by atoms with van der Waals surface area (Å²) in [6.45, 7) is 2.19. The van der Waals surface area contributed by atoms with Crippen LogP contribution in [0.25, 0.3) is 28.1 Å². The van der Waals surface area contributed by atoms with Crippen LogP contribution in [0.15, 0.2) is 55.1 Å². The zero-order chi connectivity index (χ0) is 24.5. The van der Waals surface area contributed by atoms with Crippen LogP contribution in [0.3, 0.4) is 0 Å². The van der Waals surface area contributed by atoms with E-state index >= 15 is 0 Å². The molecular formula is C25H23F2N5O3. The Morgan fingerprint density at radius 3 is 2.74 bits per heavy atom. The number of hydrogen-bond acceptors (Lipinski definition) is 7. The molecule has 1 fully saturated rings. The summed E-state index contributed by atoms with van der Waals surface area (Å²) < 4.78 is 39.1. The number of alkyl halides is 1. The number of carbonyl (C=O) groups excluding carboxylic acids is 1. The minimum absolute atomic E-state index is 0.0541. The molecule has 0 bridgehead atoms. The molecule has 0 amide bonds. The lowest BCUT2D eigenvalue weighted by Gasteiger charge is -2.12. The lowest BCUT2D eigenvalue weighted by atomic mass is 9.95. The van der Waals surface area contributed by atoms with Crippen LogP contribution in [0.4, 0.5) is 8.78 Å². The van der Waals surface area contributed by atoms with E-state index in [1.165, 1.54) is 13.1 Å². The number of pyridine rings is 1. The number of ketones is 1. The van der Waals surface area contributed by atoms with E-state index < -0.39 is 12.2 Å². The summed E-state index contributed by atoms with van der Waals surface area (Å²) in [4.78, 5) is 25.8. The number of benzene rings is 1. The molecule has 4 heterocycles. The van der Waals surface area contributed by atoms with Crippen molar-refractivity contribution in [2.24, 2.45) is 11.7 Å². The van der Waals surface area contributed by atoms with E-state index in [1.54, 1.807) is 35.0 Å². The fourth-order valence-electron chi connectivity index (χ4n) is 4.17. The normalized spacial score (nSPS) is 18.6. The minimum atomic E-state index is -1.47. The maximum atomic E-state index is 13.5. The van der Waals surface area contributed by atoms with Crippen molar-refractivity contribution in [2.75, 3.05) is 13.2 Å². The fraction of sp³-hybridized carbons (Fsp3) is 0.280. The molecule has 0 aliphatic carbocycles. The SMILES string of the molecule is CC(F)Oc1cccc(-c2cn(-c3ncc(F)cn3)c3cc(C(=O)C[C@@H]4COC[C@H]4N)cnc23)c1. The second-order valence-corrected chi connectivity index (χ2v) is 8.48. The van der Waals surface area contributed by atoms with E-state index in [0.717, 1.165) is 18.0 Å². The number of hydrogen-bond donors (Lipinski definition) is 1. The van der Waals surface area contributed by atoms with Crippen LogP contribution in [0, 0.1) is 11.7 Å². The van der Waals surface area contributed by atoms with Gasteiger partial charge in [0.2, 0.25) is 12.3 Å². The highest BCUT2D eigenvalue weighted by molar-refractivity contribution is 6.01. The van der Waals surface area contributed by atoms with Crippen molar-refractivity contribution in [3.63, 3.8) is 0 Å². The highest BCUT2D eigenvalue weighted by atomic mass is 19.1. The first-order valence-electron chi connectivity index (χ1n) is 11.2. The van der Waals surface area contributed by atoms with Crippen LogP contribution in [-0.2, 0) is 4.74 Å². The Balaban J connectivity index is 1.60. The largest absolute Gasteiger partial charge is 0.461 e. The quantitative estimate of drug-likeness (QED) is 0.401. The number of fused-ring (bicyclic) bond motifs is 1. The average Bonchev–Trinajstić information content (AvgIpc) is 3.42. The van der Waals surface area contributed by atoms with Crippen LogP contribution < -0.4 is 10.5 Å². The Morgan fingerprint density at radius 2 is 2.03 bits per heavy atom. The number of nitrogens with zero attached hydrogens (tertiary/aromatic N) is 4. The van der Waals surface area contributed by atoms with Gasteiger partial charge in [0, 0.05) is 48.8 Å². The van der Waals surface area contributed by atoms with Gasteiger partial charge in [0.05, 0.1) is 36.6 Å². The summed E-state index contributed by atoms with van der Waals surface area (Å²) in [5.41, 5.74) is 8.99. The van der Waals surface area contributed by atoms with Gasteiger partial charge in [-0.2, -0.15) is 0 Å². The molecule has 8 nitrogen and oxygen atoms in total. The van der Waals surface area contributed by atoms with Gasteiger partial charge in [-0.3, -0.25) is 14.3 Å². The van der Waals surface area contributed by atoms with Gasteiger partial charge in [-0.25, -0.2) is 18.7 Å². The van der Waals surface area contributed by atoms with E-state index in [1.807, 2.05) is 6.07 Å². The molecular weight excluding hydrogens is 456 g/mol. The monoisotopic (exact) mass is 479 g/mol. The van der Waals surface area contributed by atoms with Crippen LogP contribution in [0.5, 0.6) is 5.75 Å². The number of ether oxygens (including phenoxy) is 2. The molecule has 4 aromatic rings. The molecule has 1 saturated heterocycles. The van der Waals surface area contributed by atoms with Crippen molar-refractivity contribution in [1.29, 1.82) is 0 Å². The van der Waals surface area contributed by atoms with Crippen molar-refractivity contribution in [2.45, 2.75) is 25.7 Å². The molecule has 35 heavy (non-hydrogen) atoms. The topological polar surface area (TPSA) is 105 Å². The number of halogens is 2. The third-order valence-electron chi connectivity index (χ3n) is 5.92. The van der Waals surface area contributed by atoms with E-state index in [4.69, 9.17) is 15.2 Å². The average molecular weight is 479 g/mol. The predicted molar refractivity (Wildman–Crippen MR) is 124 cm³/mol. The Hall–Kier alpha value is -3.76. The molecule has 180 valence electrons. The van der Waals surface area contributed by atoms with Crippen molar-refractivity contribution < 1.29 is 23.0 Å². The molecule has 2 N–H and O–H groups in total. The van der Waals surface area contributed by atoms with Gasteiger partial charge in [-0.05, 0) is 23.8 Å². The fourth-order valence-corrected chi connectivity index (χ4v) is 4.17. The van der Waals surface area contributed by atoms with Gasteiger partial charge >= 0.3 is 0 Å². The summed E-state index contributed by atoms with van der Waals surface area (Å²) in [7, 11) is 0. The van der Waals surface area contributed by atoms with Gasteiger partial charge < -0.3 is 15.2 Å². The summed E-state index contributed by atoms with van der Waals surface area (Å²) in [5, 5.41) is 0. The van der Waals surface area contributed by atoms with Crippen LogP contribution >= 0.6 is 0 Å². The third kappa shape index (κ3) is 4.75. The van der Waals surface area contributed by atoms with Crippen molar-refractivity contribution in [3.8, 4) is 22.8 Å². The molecule has 3 atom stereocenters. The van der Waals surface area contributed by atoms with Gasteiger partial charge in [-0.15, -0.1) is 0 Å². The molecule has 1 aliphatic heterocycles. The molecule has 3 aromatic heterocycles. The number of Topliss-reactive ketones (excluding diaryl/α,β-unsaturated/α-hetero) is 1. The smallest absolute Gasteiger partial charge is 0.235 e. The first kappa shape index (κ1) is 23.0. The van der Waals surface area contributed by atoms with Crippen molar-refractivity contribution >= 4 is 16.8 Å². The molecule has 1 unspecified atom stereocenters. The Bertz CT molecular complexity index is 1370. The van der Waals surface area contributed by atoms with E-state index in [-0.39, 0.29) is 30.1 Å². The highest BCUT2D eigenvalue weighted by Gasteiger charge is 2.28. The summed E-state index contributed by atoms with van der Waals surface area (Å²) in [5.74, 6) is -0.156.